The quantitative estimate of drug-likeness (QED) is 0.0388. The van der Waals surface area contributed by atoms with E-state index in [1.807, 2.05) is 86.6 Å². The van der Waals surface area contributed by atoms with Crippen LogP contribution in [0.15, 0.2) is 109 Å². The fourth-order valence-electron chi connectivity index (χ4n) is 8.08. The third kappa shape index (κ3) is 12.1. The van der Waals surface area contributed by atoms with E-state index in [1.54, 1.807) is 80.5 Å². The van der Waals surface area contributed by atoms with E-state index in [4.69, 9.17) is 14.9 Å². The van der Waals surface area contributed by atoms with Crippen LogP contribution in [0.1, 0.15) is 85.2 Å². The van der Waals surface area contributed by atoms with Gasteiger partial charge >= 0.3 is 0 Å². The fraction of sp³-hybridized carbons (Fsp3) is 0.309. The normalized spacial score (nSPS) is 13.5. The zero-order valence-electron chi connectivity index (χ0n) is 42.0. The van der Waals surface area contributed by atoms with Crippen molar-refractivity contribution in [3.8, 4) is 34.0 Å². The molecule has 0 radical (unpaired) electrons. The van der Waals surface area contributed by atoms with Crippen LogP contribution in [0.25, 0.3) is 33.8 Å². The summed E-state index contributed by atoms with van der Waals surface area (Å²) in [6.07, 6.45) is 7.68. The van der Waals surface area contributed by atoms with Crippen LogP contribution in [-0.2, 0) is 0 Å². The zero-order chi connectivity index (χ0) is 51.6. The number of aliphatic hydroxyl groups is 2. The van der Waals surface area contributed by atoms with E-state index >= 15 is 0 Å². The third-order valence-electron chi connectivity index (χ3n) is 12.3. The number of amides is 2. The Morgan fingerprint density at radius 3 is 1.48 bits per heavy atom. The lowest BCUT2D eigenvalue weighted by Gasteiger charge is -2.19. The number of methoxy groups -OCH3 is 1. The summed E-state index contributed by atoms with van der Waals surface area (Å²) in [5.74, 6) is 1.77. The Bertz CT molecular complexity index is 3330. The van der Waals surface area contributed by atoms with E-state index in [2.05, 4.69) is 41.9 Å². The number of para-hydroxylation sites is 4. The topological polar surface area (TPSA) is 237 Å². The SMILES string of the molecule is COc1ccccc1Nc1cc(NCC(C)(C)O)c2ncc(-c3ccc(C(=O)NC4CC4)c(C)c3)n2n1.Cc1cc(-c2cnc3c(NCC(C)(C)O)cc(Nc4ccccc4O)nn23)ccc1C(=O)NC1CC1. The van der Waals surface area contributed by atoms with Crippen molar-refractivity contribution in [2.45, 2.75) is 90.5 Å². The Morgan fingerprint density at radius 2 is 1.05 bits per heavy atom. The highest BCUT2D eigenvalue weighted by Gasteiger charge is 2.27. The Hall–Kier alpha value is -8.22. The van der Waals surface area contributed by atoms with Gasteiger partial charge in [-0.2, -0.15) is 0 Å². The molecule has 4 heterocycles. The first-order valence-electron chi connectivity index (χ1n) is 24.4. The molecule has 0 bridgehead atoms. The van der Waals surface area contributed by atoms with Crippen molar-refractivity contribution in [2.75, 3.05) is 41.5 Å². The number of nitrogens with one attached hydrogen (secondary N) is 6. The summed E-state index contributed by atoms with van der Waals surface area (Å²) < 4.78 is 8.97. The number of aryl methyl sites for hydroxylation is 2. The van der Waals surface area contributed by atoms with Gasteiger partial charge in [-0.3, -0.25) is 9.59 Å². The molecule has 10 rings (SSSR count). The van der Waals surface area contributed by atoms with Gasteiger partial charge in [-0.15, -0.1) is 10.2 Å². The molecule has 2 fully saturated rings. The van der Waals surface area contributed by atoms with E-state index in [1.165, 1.54) is 0 Å². The minimum atomic E-state index is -0.936. The molecule has 0 atom stereocenters. The number of hydrogen-bond donors (Lipinski definition) is 9. The average Bonchev–Trinajstić information content (AvgIpc) is 4.27. The van der Waals surface area contributed by atoms with Gasteiger partial charge in [-0.05, 0) is 127 Å². The van der Waals surface area contributed by atoms with Gasteiger partial charge in [0.1, 0.15) is 11.5 Å². The second kappa shape index (κ2) is 20.5. The van der Waals surface area contributed by atoms with Crippen molar-refractivity contribution in [3.05, 3.63) is 132 Å². The maximum Gasteiger partial charge on any atom is 0.251 e. The van der Waals surface area contributed by atoms with Crippen molar-refractivity contribution >= 4 is 57.5 Å². The lowest BCUT2D eigenvalue weighted by molar-refractivity contribution is 0.0939. The van der Waals surface area contributed by atoms with Crippen LogP contribution < -0.4 is 36.6 Å². The highest BCUT2D eigenvalue weighted by molar-refractivity contribution is 5.97. The number of rotatable bonds is 17. The number of ether oxygens (including phenoxy) is 1. The van der Waals surface area contributed by atoms with Gasteiger partial charge in [0, 0.05) is 59.6 Å². The molecule has 2 aliphatic carbocycles. The van der Waals surface area contributed by atoms with Crippen molar-refractivity contribution in [1.82, 2.24) is 39.8 Å². The zero-order valence-corrected chi connectivity index (χ0v) is 42.0. The first-order valence-corrected chi connectivity index (χ1v) is 24.4. The van der Waals surface area contributed by atoms with Crippen LogP contribution in [0.4, 0.5) is 34.4 Å². The molecule has 0 unspecified atom stereocenters. The largest absolute Gasteiger partial charge is 0.506 e. The molecule has 0 saturated heterocycles. The maximum atomic E-state index is 12.6. The van der Waals surface area contributed by atoms with Gasteiger partial charge in [0.25, 0.3) is 11.8 Å². The highest BCUT2D eigenvalue weighted by atomic mass is 16.5. The molecule has 18 heteroatoms. The molecule has 73 heavy (non-hydrogen) atoms. The second-order valence-corrected chi connectivity index (χ2v) is 20.0. The monoisotopic (exact) mass is 986 g/mol. The number of benzene rings is 4. The Kier molecular flexibility index (Phi) is 14.0. The summed E-state index contributed by atoms with van der Waals surface area (Å²) in [5, 5.41) is 59.5. The van der Waals surface area contributed by atoms with Crippen LogP contribution in [0, 0.1) is 13.8 Å². The number of fused-ring (bicyclic) bond motifs is 2. The van der Waals surface area contributed by atoms with E-state index in [9.17, 15) is 24.9 Å². The molecule has 9 N–H and O–H groups in total. The highest BCUT2D eigenvalue weighted by Crippen LogP contribution is 2.34. The number of phenols is 1. The summed E-state index contributed by atoms with van der Waals surface area (Å²) in [6, 6.07) is 30.2. The first-order chi connectivity index (χ1) is 34.9. The summed E-state index contributed by atoms with van der Waals surface area (Å²) in [4.78, 5) is 34.4. The van der Waals surface area contributed by atoms with Crippen molar-refractivity contribution in [1.29, 1.82) is 0 Å². The lowest BCUT2D eigenvalue weighted by Crippen LogP contribution is -2.29. The van der Waals surface area contributed by atoms with Crippen LogP contribution in [-0.4, -0.2) is 99.8 Å². The first kappa shape index (κ1) is 49.7. The standard InChI is InChI=1S/C28H32N6O3.C27H30N6O3/c1-17-13-18(9-12-20(17)27(35)31-19-10-11-19)23-15-29-26-22(30-16-28(2,3)36)14-25(33-34(23)26)32-21-7-5-6-8-24(21)37-4;1-16-12-17(8-11-19(16)26(35)30-18-9-10-18)22-14-28-25-21(29-15-27(2,3)36)13-24(32-33(22)25)31-20-6-4-5-7-23(20)34/h5-9,12-15,19,30,36H,10-11,16H2,1-4H3,(H,31,35)(H,32,33);4-8,11-14,18,29,34,36H,9-10,15H2,1-3H3,(H,30,35)(H,31,32). The molecule has 4 aromatic heterocycles. The molecular formula is C55H62N12O6. The van der Waals surface area contributed by atoms with Gasteiger partial charge in [0.2, 0.25) is 0 Å². The minimum Gasteiger partial charge on any atom is -0.506 e. The molecular weight excluding hydrogens is 925 g/mol. The van der Waals surface area contributed by atoms with Crippen LogP contribution in [0.5, 0.6) is 11.5 Å². The molecule has 0 aliphatic heterocycles. The maximum absolute atomic E-state index is 12.6. The summed E-state index contributed by atoms with van der Waals surface area (Å²) in [7, 11) is 1.62. The predicted molar refractivity (Wildman–Crippen MR) is 285 cm³/mol. The average molecular weight is 987 g/mol. The van der Waals surface area contributed by atoms with Gasteiger partial charge in [0.05, 0.1) is 64.8 Å². The summed E-state index contributed by atoms with van der Waals surface area (Å²) in [6.45, 7) is 11.4. The van der Waals surface area contributed by atoms with Crippen LogP contribution in [0.2, 0.25) is 0 Å². The van der Waals surface area contributed by atoms with Crippen molar-refractivity contribution in [3.63, 3.8) is 0 Å². The predicted octanol–water partition coefficient (Wildman–Crippen LogP) is 8.76. The number of nitrogens with zero attached hydrogens (tertiary/aromatic N) is 6. The number of aromatic hydroxyl groups is 1. The van der Waals surface area contributed by atoms with Crippen molar-refractivity contribution in [2.24, 2.45) is 0 Å². The number of anilines is 6. The number of aromatic nitrogens is 6. The number of imidazole rings is 2. The Morgan fingerprint density at radius 1 is 0.616 bits per heavy atom. The smallest absolute Gasteiger partial charge is 0.251 e. The van der Waals surface area contributed by atoms with E-state index in [0.29, 0.717) is 76.4 Å². The molecule has 18 nitrogen and oxygen atoms in total. The molecule has 378 valence electrons. The number of phenolic OH excluding ortho intramolecular Hbond substituents is 1. The molecule has 2 aliphatic rings. The lowest BCUT2D eigenvalue weighted by atomic mass is 10.0. The molecule has 2 saturated carbocycles. The second-order valence-electron chi connectivity index (χ2n) is 20.0. The number of hydrogen-bond acceptors (Lipinski definition) is 14. The van der Waals surface area contributed by atoms with Crippen molar-refractivity contribution < 1.29 is 29.6 Å². The molecule has 8 aromatic rings. The van der Waals surface area contributed by atoms with Gasteiger partial charge in [-0.1, -0.05) is 36.4 Å². The van der Waals surface area contributed by atoms with E-state index < -0.39 is 11.2 Å². The molecule has 0 spiro atoms. The third-order valence-corrected chi connectivity index (χ3v) is 12.3. The summed E-state index contributed by atoms with van der Waals surface area (Å²) >= 11 is 0. The van der Waals surface area contributed by atoms with E-state index in [0.717, 1.165) is 70.7 Å². The van der Waals surface area contributed by atoms with E-state index in [-0.39, 0.29) is 17.6 Å². The fourth-order valence-corrected chi connectivity index (χ4v) is 8.08. The van der Waals surface area contributed by atoms with Crippen LogP contribution >= 0.6 is 0 Å². The number of carbonyl (C=O) groups excluding carboxylic acids is 2. The molecule has 2 amide bonds. The Balaban J connectivity index is 0.000000180. The van der Waals surface area contributed by atoms with Gasteiger partial charge < -0.3 is 52.0 Å². The van der Waals surface area contributed by atoms with Crippen LogP contribution in [0.3, 0.4) is 0 Å². The minimum absolute atomic E-state index is 0.0378. The van der Waals surface area contributed by atoms with Gasteiger partial charge in [-0.25, -0.2) is 19.0 Å². The Labute approximate surface area is 423 Å². The molecule has 4 aromatic carbocycles. The summed E-state index contributed by atoms with van der Waals surface area (Å²) in [5.41, 5.74) is 8.40. The number of carbonyl (C=O) groups is 2. The van der Waals surface area contributed by atoms with Gasteiger partial charge in [0.15, 0.2) is 22.9 Å².